The maximum Gasteiger partial charge on any atom is 0.324 e. The molecule has 2 aliphatic rings. The van der Waals surface area contributed by atoms with Crippen LogP contribution >= 0.6 is 0 Å². The van der Waals surface area contributed by atoms with Gasteiger partial charge in [0.1, 0.15) is 5.54 Å². The topological polar surface area (TPSA) is 43.8 Å². The quantitative estimate of drug-likeness (QED) is 0.803. The SMILES string of the molecule is CN1CCC(N(C)C(C)(C(=O)O)C2CC2)CC1. The predicted molar refractivity (Wildman–Crippen MR) is 67.0 cm³/mol. The minimum Gasteiger partial charge on any atom is -0.480 e. The summed E-state index contributed by atoms with van der Waals surface area (Å²) in [5.41, 5.74) is -0.652. The molecule has 0 spiro atoms. The van der Waals surface area contributed by atoms with E-state index in [0.717, 1.165) is 38.8 Å². The number of piperidine rings is 1. The number of carboxylic acid groups (broad SMARTS) is 1. The molecule has 1 saturated carbocycles. The Morgan fingerprint density at radius 2 is 1.82 bits per heavy atom. The first-order valence-corrected chi connectivity index (χ1v) is 6.61. The van der Waals surface area contributed by atoms with Gasteiger partial charge in [-0.15, -0.1) is 0 Å². The molecule has 0 amide bonds. The van der Waals surface area contributed by atoms with Gasteiger partial charge in [0.05, 0.1) is 0 Å². The highest BCUT2D eigenvalue weighted by Gasteiger charge is 2.51. The number of rotatable bonds is 4. The first-order valence-electron chi connectivity index (χ1n) is 6.61. The lowest BCUT2D eigenvalue weighted by Crippen LogP contribution is -2.58. The monoisotopic (exact) mass is 240 g/mol. The van der Waals surface area contributed by atoms with E-state index < -0.39 is 11.5 Å². The third kappa shape index (κ3) is 2.33. The highest BCUT2D eigenvalue weighted by Crippen LogP contribution is 2.44. The summed E-state index contributed by atoms with van der Waals surface area (Å²) in [6.07, 6.45) is 4.31. The minimum atomic E-state index is -0.652. The van der Waals surface area contributed by atoms with E-state index >= 15 is 0 Å². The summed E-state index contributed by atoms with van der Waals surface area (Å²) in [5.74, 6) is -0.300. The van der Waals surface area contributed by atoms with Gasteiger partial charge in [-0.2, -0.15) is 0 Å². The highest BCUT2D eigenvalue weighted by molar-refractivity contribution is 5.79. The van der Waals surface area contributed by atoms with E-state index in [1.807, 2.05) is 14.0 Å². The van der Waals surface area contributed by atoms with Gasteiger partial charge in [0.25, 0.3) is 0 Å². The Kier molecular flexibility index (Phi) is 3.46. The molecule has 98 valence electrons. The molecule has 1 heterocycles. The van der Waals surface area contributed by atoms with Crippen molar-refractivity contribution in [3.05, 3.63) is 0 Å². The van der Waals surface area contributed by atoms with Gasteiger partial charge in [-0.1, -0.05) is 0 Å². The lowest BCUT2D eigenvalue weighted by Gasteiger charge is -2.43. The van der Waals surface area contributed by atoms with Gasteiger partial charge in [-0.3, -0.25) is 9.69 Å². The van der Waals surface area contributed by atoms with Crippen molar-refractivity contribution in [2.24, 2.45) is 5.92 Å². The van der Waals surface area contributed by atoms with Crippen molar-refractivity contribution in [1.82, 2.24) is 9.80 Å². The van der Waals surface area contributed by atoms with Gasteiger partial charge < -0.3 is 10.0 Å². The van der Waals surface area contributed by atoms with Gasteiger partial charge in [-0.05, 0) is 65.7 Å². The van der Waals surface area contributed by atoms with Gasteiger partial charge in [0.2, 0.25) is 0 Å². The Morgan fingerprint density at radius 3 is 2.24 bits per heavy atom. The molecule has 1 aliphatic heterocycles. The third-order valence-electron chi connectivity index (χ3n) is 4.77. The second-order valence-corrected chi connectivity index (χ2v) is 5.87. The summed E-state index contributed by atoms with van der Waals surface area (Å²) in [4.78, 5) is 16.1. The molecule has 0 bridgehead atoms. The Hall–Kier alpha value is -0.610. The molecule has 0 aromatic rings. The lowest BCUT2D eigenvalue weighted by molar-refractivity contribution is -0.153. The Morgan fingerprint density at radius 1 is 1.29 bits per heavy atom. The molecular weight excluding hydrogens is 216 g/mol. The van der Waals surface area contributed by atoms with E-state index in [2.05, 4.69) is 16.8 Å². The van der Waals surface area contributed by atoms with Crippen molar-refractivity contribution in [3.8, 4) is 0 Å². The molecule has 1 N–H and O–H groups in total. The minimum absolute atomic E-state index is 0.352. The molecule has 1 aliphatic carbocycles. The molecule has 0 radical (unpaired) electrons. The van der Waals surface area contributed by atoms with Crippen molar-refractivity contribution in [2.75, 3.05) is 27.2 Å². The van der Waals surface area contributed by atoms with Crippen LogP contribution in [0.25, 0.3) is 0 Å². The number of hydrogen-bond acceptors (Lipinski definition) is 3. The van der Waals surface area contributed by atoms with E-state index in [1.165, 1.54) is 0 Å². The Labute approximate surface area is 104 Å². The van der Waals surface area contributed by atoms with Gasteiger partial charge in [0, 0.05) is 6.04 Å². The third-order valence-corrected chi connectivity index (χ3v) is 4.77. The summed E-state index contributed by atoms with van der Waals surface area (Å²) in [6, 6.07) is 0.424. The fourth-order valence-corrected chi connectivity index (χ4v) is 3.02. The molecule has 2 rings (SSSR count). The van der Waals surface area contributed by atoms with Crippen LogP contribution in [0, 0.1) is 5.92 Å². The standard InChI is InChI=1S/C13H24N2O2/c1-13(12(16)17,10-4-5-10)15(3)11-6-8-14(2)9-7-11/h10-11H,4-9H2,1-3H3,(H,16,17). The molecule has 17 heavy (non-hydrogen) atoms. The van der Waals surface area contributed by atoms with Crippen molar-refractivity contribution in [3.63, 3.8) is 0 Å². The Balaban J connectivity index is 2.06. The number of hydrogen-bond donors (Lipinski definition) is 1. The smallest absolute Gasteiger partial charge is 0.324 e. The molecule has 1 saturated heterocycles. The van der Waals surface area contributed by atoms with Gasteiger partial charge in [0.15, 0.2) is 0 Å². The van der Waals surface area contributed by atoms with Crippen LogP contribution in [-0.2, 0) is 4.79 Å². The summed E-state index contributed by atoms with van der Waals surface area (Å²) in [7, 11) is 4.13. The predicted octanol–water partition coefficient (Wildman–Crippen LogP) is 1.27. The van der Waals surface area contributed by atoms with E-state index in [-0.39, 0.29) is 0 Å². The lowest BCUT2D eigenvalue weighted by atomic mass is 9.90. The van der Waals surface area contributed by atoms with Gasteiger partial charge >= 0.3 is 5.97 Å². The van der Waals surface area contributed by atoms with Crippen molar-refractivity contribution < 1.29 is 9.90 Å². The second-order valence-electron chi connectivity index (χ2n) is 5.87. The van der Waals surface area contributed by atoms with Crippen LogP contribution in [0.3, 0.4) is 0 Å². The van der Waals surface area contributed by atoms with Crippen LogP contribution in [0.4, 0.5) is 0 Å². The number of carboxylic acids is 1. The summed E-state index contributed by atoms with van der Waals surface area (Å²) in [5, 5.41) is 9.54. The zero-order valence-electron chi connectivity index (χ0n) is 11.1. The summed E-state index contributed by atoms with van der Waals surface area (Å²) >= 11 is 0. The average Bonchev–Trinajstić information content (AvgIpc) is 3.12. The molecule has 4 nitrogen and oxygen atoms in total. The number of likely N-dealkylation sites (tertiary alicyclic amines) is 1. The first kappa shape index (κ1) is 12.8. The Bertz CT molecular complexity index is 296. The number of likely N-dealkylation sites (N-methyl/N-ethyl adjacent to an activating group) is 1. The highest BCUT2D eigenvalue weighted by atomic mass is 16.4. The molecule has 0 aromatic heterocycles. The fraction of sp³-hybridized carbons (Fsp3) is 0.923. The molecule has 1 unspecified atom stereocenters. The van der Waals surface area contributed by atoms with E-state index in [1.54, 1.807) is 0 Å². The van der Waals surface area contributed by atoms with Gasteiger partial charge in [-0.25, -0.2) is 0 Å². The van der Waals surface area contributed by atoms with Crippen LogP contribution in [-0.4, -0.2) is 59.6 Å². The molecule has 0 aromatic carbocycles. The van der Waals surface area contributed by atoms with Crippen molar-refractivity contribution >= 4 is 5.97 Å². The van der Waals surface area contributed by atoms with Crippen LogP contribution < -0.4 is 0 Å². The average molecular weight is 240 g/mol. The maximum absolute atomic E-state index is 11.6. The molecule has 2 fully saturated rings. The van der Waals surface area contributed by atoms with Crippen molar-refractivity contribution in [2.45, 2.75) is 44.2 Å². The van der Waals surface area contributed by atoms with Crippen LogP contribution in [0.2, 0.25) is 0 Å². The molecular formula is C13H24N2O2. The molecule has 1 atom stereocenters. The van der Waals surface area contributed by atoms with Crippen LogP contribution in [0.1, 0.15) is 32.6 Å². The zero-order chi connectivity index (χ0) is 12.6. The van der Waals surface area contributed by atoms with Crippen LogP contribution in [0.15, 0.2) is 0 Å². The second kappa shape index (κ2) is 4.58. The number of nitrogens with zero attached hydrogens (tertiary/aromatic N) is 2. The zero-order valence-corrected chi connectivity index (χ0v) is 11.1. The molecule has 4 heteroatoms. The first-order chi connectivity index (χ1) is 7.96. The largest absolute Gasteiger partial charge is 0.480 e. The maximum atomic E-state index is 11.6. The van der Waals surface area contributed by atoms with E-state index in [9.17, 15) is 9.90 Å². The summed E-state index contributed by atoms with van der Waals surface area (Å²) < 4.78 is 0. The van der Waals surface area contributed by atoms with Crippen molar-refractivity contribution in [1.29, 1.82) is 0 Å². The van der Waals surface area contributed by atoms with E-state index in [0.29, 0.717) is 12.0 Å². The number of aliphatic carboxylic acids is 1. The fourth-order valence-electron chi connectivity index (χ4n) is 3.02. The normalized spacial score (nSPS) is 27.1. The van der Waals surface area contributed by atoms with Crippen LogP contribution in [0.5, 0.6) is 0 Å². The number of carbonyl (C=O) groups is 1. The summed E-state index contributed by atoms with van der Waals surface area (Å²) in [6.45, 7) is 4.07. The van der Waals surface area contributed by atoms with E-state index in [4.69, 9.17) is 0 Å².